The fraction of sp³-hybridized carbons (Fsp3) is 0.500. The number of sulfone groups is 1. The third-order valence-electron chi connectivity index (χ3n) is 1.36. The van der Waals surface area contributed by atoms with Crippen molar-refractivity contribution in [1.29, 1.82) is 0 Å². The molecule has 1 N–H and O–H groups in total. The zero-order valence-corrected chi connectivity index (χ0v) is 8.11. The summed E-state index contributed by atoms with van der Waals surface area (Å²) in [5, 5.41) is 14.4. The van der Waals surface area contributed by atoms with Crippen LogP contribution in [0.2, 0.25) is 0 Å². The molecule has 0 atom stereocenters. The Morgan fingerprint density at radius 3 is 2.57 bits per heavy atom. The zero-order chi connectivity index (χ0) is 10.8. The Labute approximate surface area is 79.7 Å². The molecular formula is C6H8N2O5S. The second-order valence-corrected chi connectivity index (χ2v) is 4.54. The largest absolute Gasteiger partial charge is 0.481 e. The summed E-state index contributed by atoms with van der Waals surface area (Å²) < 4.78 is 27.3. The number of carbonyl (C=O) groups is 1. The van der Waals surface area contributed by atoms with Crippen LogP contribution in [0, 0.1) is 6.92 Å². The number of carboxylic acids is 1. The molecule has 0 fully saturated rings. The lowest BCUT2D eigenvalue weighted by Gasteiger charge is -1.94. The monoisotopic (exact) mass is 220 g/mol. The number of aryl methyl sites for hydroxylation is 1. The Morgan fingerprint density at radius 1 is 1.50 bits per heavy atom. The molecule has 1 aromatic rings. The molecule has 0 saturated carbocycles. The summed E-state index contributed by atoms with van der Waals surface area (Å²) in [6.45, 7) is 1.45. The molecule has 8 heteroatoms. The van der Waals surface area contributed by atoms with E-state index < -0.39 is 33.2 Å². The number of carboxylic acid groups (broad SMARTS) is 1. The van der Waals surface area contributed by atoms with E-state index in [1.54, 1.807) is 0 Å². The first-order valence-corrected chi connectivity index (χ1v) is 5.32. The van der Waals surface area contributed by atoms with Gasteiger partial charge in [0.25, 0.3) is 0 Å². The minimum atomic E-state index is -3.76. The van der Waals surface area contributed by atoms with Crippen molar-refractivity contribution in [2.24, 2.45) is 0 Å². The number of hydrogen-bond donors (Lipinski definition) is 1. The van der Waals surface area contributed by atoms with E-state index in [0.717, 1.165) is 0 Å². The van der Waals surface area contributed by atoms with Gasteiger partial charge in [0.05, 0.1) is 12.2 Å². The van der Waals surface area contributed by atoms with E-state index in [0.29, 0.717) is 0 Å². The SMILES string of the molecule is Cc1nnc(S(=O)(=O)CCC(=O)O)o1. The third-order valence-corrected chi connectivity index (χ3v) is 2.80. The van der Waals surface area contributed by atoms with Crippen LogP contribution in [0.25, 0.3) is 0 Å². The van der Waals surface area contributed by atoms with Gasteiger partial charge in [-0.2, -0.15) is 0 Å². The molecule has 0 radical (unpaired) electrons. The molecule has 0 aliphatic carbocycles. The van der Waals surface area contributed by atoms with Crippen molar-refractivity contribution >= 4 is 15.8 Å². The first-order valence-electron chi connectivity index (χ1n) is 3.66. The second-order valence-electron chi connectivity index (χ2n) is 2.55. The zero-order valence-electron chi connectivity index (χ0n) is 7.30. The van der Waals surface area contributed by atoms with Crippen molar-refractivity contribution in [3.63, 3.8) is 0 Å². The smallest absolute Gasteiger partial charge is 0.335 e. The Bertz CT molecular complexity index is 435. The van der Waals surface area contributed by atoms with Crippen molar-refractivity contribution in [2.75, 3.05) is 5.75 Å². The van der Waals surface area contributed by atoms with Crippen molar-refractivity contribution in [3.05, 3.63) is 5.89 Å². The second kappa shape index (κ2) is 3.74. The van der Waals surface area contributed by atoms with Crippen LogP contribution in [0.1, 0.15) is 12.3 Å². The van der Waals surface area contributed by atoms with E-state index in [2.05, 4.69) is 14.6 Å². The predicted octanol–water partition coefficient (Wildman–Crippen LogP) is -0.374. The number of rotatable bonds is 4. The number of aliphatic carboxylic acids is 1. The normalized spacial score (nSPS) is 11.5. The Balaban J connectivity index is 2.81. The van der Waals surface area contributed by atoms with Crippen molar-refractivity contribution in [3.8, 4) is 0 Å². The van der Waals surface area contributed by atoms with Gasteiger partial charge in [0.15, 0.2) is 0 Å². The van der Waals surface area contributed by atoms with Gasteiger partial charge in [-0.25, -0.2) is 8.42 Å². The van der Waals surface area contributed by atoms with Crippen LogP contribution in [0.3, 0.4) is 0 Å². The standard InChI is InChI=1S/C6H8N2O5S/c1-4-7-8-6(13-4)14(11,12)3-2-5(9)10/h2-3H2,1H3,(H,9,10). The average Bonchev–Trinajstić information content (AvgIpc) is 2.49. The maximum atomic E-state index is 11.3. The molecular weight excluding hydrogens is 212 g/mol. The summed E-state index contributed by atoms with van der Waals surface area (Å²) in [6.07, 6.45) is -0.482. The molecule has 1 rings (SSSR count). The Morgan fingerprint density at radius 2 is 2.14 bits per heavy atom. The fourth-order valence-corrected chi connectivity index (χ4v) is 1.74. The van der Waals surface area contributed by atoms with Gasteiger partial charge in [0.2, 0.25) is 15.7 Å². The van der Waals surface area contributed by atoms with Crippen LogP contribution in [-0.2, 0) is 14.6 Å². The fourth-order valence-electron chi connectivity index (χ4n) is 0.713. The van der Waals surface area contributed by atoms with Crippen molar-refractivity contribution < 1.29 is 22.7 Å². The van der Waals surface area contributed by atoms with Crippen LogP contribution in [0.4, 0.5) is 0 Å². The maximum Gasteiger partial charge on any atom is 0.335 e. The van der Waals surface area contributed by atoms with E-state index in [9.17, 15) is 13.2 Å². The number of hydrogen-bond acceptors (Lipinski definition) is 6. The van der Waals surface area contributed by atoms with E-state index in [1.807, 2.05) is 0 Å². The lowest BCUT2D eigenvalue weighted by molar-refractivity contribution is -0.136. The average molecular weight is 220 g/mol. The lowest BCUT2D eigenvalue weighted by atomic mass is 10.5. The molecule has 78 valence electrons. The molecule has 0 saturated heterocycles. The molecule has 0 aromatic carbocycles. The van der Waals surface area contributed by atoms with Crippen LogP contribution < -0.4 is 0 Å². The van der Waals surface area contributed by atoms with E-state index in [1.165, 1.54) is 6.92 Å². The van der Waals surface area contributed by atoms with Crippen molar-refractivity contribution in [1.82, 2.24) is 10.2 Å². The summed E-state index contributed by atoms with van der Waals surface area (Å²) in [4.78, 5) is 10.2. The first-order chi connectivity index (χ1) is 6.42. The molecule has 0 unspecified atom stereocenters. The molecule has 0 aliphatic heterocycles. The molecule has 0 bridgehead atoms. The minimum Gasteiger partial charge on any atom is -0.481 e. The van der Waals surface area contributed by atoms with Crippen LogP contribution in [0.5, 0.6) is 0 Å². The predicted molar refractivity (Wildman–Crippen MR) is 43.3 cm³/mol. The van der Waals surface area contributed by atoms with Crippen LogP contribution in [0.15, 0.2) is 9.64 Å². The highest BCUT2D eigenvalue weighted by molar-refractivity contribution is 7.91. The lowest BCUT2D eigenvalue weighted by Crippen LogP contribution is -2.11. The molecule has 0 spiro atoms. The van der Waals surface area contributed by atoms with Gasteiger partial charge in [-0.15, -0.1) is 5.10 Å². The summed E-state index contributed by atoms with van der Waals surface area (Å²) in [7, 11) is -3.76. The van der Waals surface area contributed by atoms with E-state index in [-0.39, 0.29) is 5.89 Å². The highest BCUT2D eigenvalue weighted by atomic mass is 32.2. The van der Waals surface area contributed by atoms with E-state index in [4.69, 9.17) is 5.11 Å². The highest BCUT2D eigenvalue weighted by Crippen LogP contribution is 2.09. The molecule has 14 heavy (non-hydrogen) atoms. The van der Waals surface area contributed by atoms with Gasteiger partial charge in [0.1, 0.15) is 0 Å². The van der Waals surface area contributed by atoms with Gasteiger partial charge >= 0.3 is 11.2 Å². The van der Waals surface area contributed by atoms with Gasteiger partial charge in [-0.3, -0.25) is 4.79 Å². The molecule has 1 aromatic heterocycles. The first kappa shape index (κ1) is 10.6. The molecule has 1 heterocycles. The topological polar surface area (TPSA) is 110 Å². The van der Waals surface area contributed by atoms with E-state index >= 15 is 0 Å². The van der Waals surface area contributed by atoms with Gasteiger partial charge < -0.3 is 9.52 Å². The Kier molecular flexibility index (Phi) is 2.84. The third kappa shape index (κ3) is 2.52. The van der Waals surface area contributed by atoms with Crippen LogP contribution in [-0.4, -0.2) is 35.4 Å². The highest BCUT2D eigenvalue weighted by Gasteiger charge is 2.22. The molecule has 7 nitrogen and oxygen atoms in total. The quantitative estimate of drug-likeness (QED) is 0.736. The summed E-state index contributed by atoms with van der Waals surface area (Å²) in [5.74, 6) is -1.60. The van der Waals surface area contributed by atoms with Gasteiger partial charge in [0, 0.05) is 6.92 Å². The maximum absolute atomic E-state index is 11.3. The van der Waals surface area contributed by atoms with Gasteiger partial charge in [-0.05, 0) is 0 Å². The number of aromatic nitrogens is 2. The minimum absolute atomic E-state index is 0.124. The Hall–Kier alpha value is -1.44. The summed E-state index contributed by atoms with van der Waals surface area (Å²) in [5.41, 5.74) is 0. The van der Waals surface area contributed by atoms with Crippen molar-refractivity contribution in [2.45, 2.75) is 18.6 Å². The molecule has 0 aliphatic rings. The van der Waals surface area contributed by atoms with Gasteiger partial charge in [-0.1, -0.05) is 5.10 Å². The summed E-state index contributed by atoms with van der Waals surface area (Å²) >= 11 is 0. The summed E-state index contributed by atoms with van der Waals surface area (Å²) in [6, 6.07) is 0. The number of nitrogens with zero attached hydrogens (tertiary/aromatic N) is 2. The van der Waals surface area contributed by atoms with Crippen LogP contribution >= 0.6 is 0 Å². The molecule has 0 amide bonds.